The van der Waals surface area contributed by atoms with Crippen LogP contribution in [-0.2, 0) is 17.4 Å². The highest BCUT2D eigenvalue weighted by Gasteiger charge is 2.49. The number of carbonyl (C=O) groups is 1. The third-order valence-corrected chi connectivity index (χ3v) is 7.79. The van der Waals surface area contributed by atoms with Gasteiger partial charge in [-0.15, -0.1) is 11.3 Å². The third-order valence-electron chi connectivity index (χ3n) is 6.62. The molecule has 3 heterocycles. The fourth-order valence-corrected chi connectivity index (χ4v) is 5.76. The van der Waals surface area contributed by atoms with Crippen LogP contribution >= 0.6 is 11.3 Å². The predicted molar refractivity (Wildman–Crippen MR) is 134 cm³/mol. The number of guanidine groups is 1. The normalized spacial score (nSPS) is 19.9. The molecule has 0 radical (unpaired) electrons. The quantitative estimate of drug-likeness (QED) is 0.459. The highest BCUT2D eigenvalue weighted by Crippen LogP contribution is 2.45. The Morgan fingerprint density at radius 1 is 1.11 bits per heavy atom. The molecule has 2 atom stereocenters. The molecule has 0 aliphatic carbocycles. The number of carbonyl (C=O) groups excluding carboxylic acids is 1. The van der Waals surface area contributed by atoms with Crippen molar-refractivity contribution in [2.45, 2.75) is 18.4 Å². The molecular weight excluding hydrogens is 458 g/mol. The molecule has 2 aromatic carbocycles. The molecule has 2 N–H and O–H groups in total. The molecule has 1 aliphatic rings. The predicted octanol–water partition coefficient (Wildman–Crippen LogP) is 4.04. The summed E-state index contributed by atoms with van der Waals surface area (Å²) >= 11 is 1.51. The van der Waals surface area contributed by atoms with Crippen molar-refractivity contribution >= 4 is 34.1 Å². The van der Waals surface area contributed by atoms with Crippen LogP contribution in [0, 0.1) is 28.1 Å². The molecule has 0 bridgehead atoms. The summed E-state index contributed by atoms with van der Waals surface area (Å²) in [4.78, 5) is 15.8. The highest BCUT2D eigenvalue weighted by molar-refractivity contribution is 7.10. The summed E-state index contributed by atoms with van der Waals surface area (Å²) in [6.45, 7) is 1.94. The number of aromatic nitrogens is 2. The van der Waals surface area contributed by atoms with Gasteiger partial charge in [0.15, 0.2) is 11.7 Å². The second-order valence-electron chi connectivity index (χ2n) is 8.76. The molecule has 1 unspecified atom stereocenters. The summed E-state index contributed by atoms with van der Waals surface area (Å²) in [6.07, 6.45) is 0. The van der Waals surface area contributed by atoms with E-state index in [0.29, 0.717) is 11.3 Å². The number of nitrogens with one attached hydrogen (secondary N) is 2. The van der Waals surface area contributed by atoms with E-state index in [0.717, 1.165) is 32.5 Å². The minimum Gasteiger partial charge on any atom is -0.345 e. The highest BCUT2D eigenvalue weighted by atomic mass is 32.1. The molecule has 172 valence electrons. The molecular formula is C26H21N7OS. The maximum Gasteiger partial charge on any atom is 0.239 e. The molecule has 5 rings (SSSR count). The second-order valence-corrected chi connectivity index (χ2v) is 9.67. The Labute approximate surface area is 206 Å². The molecule has 1 aliphatic heterocycles. The number of benzene rings is 2. The monoisotopic (exact) mass is 479 g/mol. The van der Waals surface area contributed by atoms with Crippen LogP contribution in [0.15, 0.2) is 53.9 Å². The maximum absolute atomic E-state index is 13.6. The van der Waals surface area contributed by atoms with E-state index >= 15 is 0 Å². The Morgan fingerprint density at radius 2 is 1.91 bits per heavy atom. The Bertz CT molecular complexity index is 1600. The minimum atomic E-state index is -0.888. The van der Waals surface area contributed by atoms with Gasteiger partial charge in [0.2, 0.25) is 5.91 Å². The smallest absolute Gasteiger partial charge is 0.239 e. The number of likely N-dealkylation sites (N-methyl/N-ethyl adjacent to an activating group) is 1. The lowest BCUT2D eigenvalue weighted by atomic mass is 9.76. The van der Waals surface area contributed by atoms with Crippen molar-refractivity contribution in [3.63, 3.8) is 0 Å². The molecule has 1 amide bonds. The lowest BCUT2D eigenvalue weighted by Crippen LogP contribution is -2.62. The summed E-state index contributed by atoms with van der Waals surface area (Å²) in [5.74, 6) is -0.786. The first kappa shape index (κ1) is 22.3. The topological polar surface area (TPSA) is 122 Å². The van der Waals surface area contributed by atoms with E-state index in [9.17, 15) is 15.3 Å². The number of hydrogen-bond donors (Lipinski definition) is 2. The van der Waals surface area contributed by atoms with Crippen LogP contribution in [-0.4, -0.2) is 33.6 Å². The Balaban J connectivity index is 1.64. The Morgan fingerprint density at radius 3 is 2.66 bits per heavy atom. The number of thiophene rings is 1. The van der Waals surface area contributed by atoms with Crippen molar-refractivity contribution in [3.8, 4) is 23.3 Å². The van der Waals surface area contributed by atoms with Gasteiger partial charge >= 0.3 is 0 Å². The van der Waals surface area contributed by atoms with Gasteiger partial charge in [-0.05, 0) is 59.3 Å². The van der Waals surface area contributed by atoms with E-state index in [4.69, 9.17) is 5.41 Å². The lowest BCUT2D eigenvalue weighted by molar-refractivity contribution is -0.131. The van der Waals surface area contributed by atoms with Gasteiger partial charge in [0.25, 0.3) is 0 Å². The Kier molecular flexibility index (Phi) is 5.16. The number of fused-ring (bicyclic) bond motifs is 1. The van der Waals surface area contributed by atoms with E-state index < -0.39 is 11.5 Å². The molecule has 4 aromatic rings. The second kappa shape index (κ2) is 8.08. The number of nitriles is 2. The summed E-state index contributed by atoms with van der Waals surface area (Å²) in [7, 11) is 3.36. The fourth-order valence-electron chi connectivity index (χ4n) is 4.70. The van der Waals surface area contributed by atoms with Crippen LogP contribution in [0.2, 0.25) is 0 Å². The van der Waals surface area contributed by atoms with Crippen LogP contribution < -0.4 is 5.32 Å². The largest absolute Gasteiger partial charge is 0.345 e. The number of aryl methyl sites for hydroxylation is 1. The summed E-state index contributed by atoms with van der Waals surface area (Å²) < 4.78 is 1.65. The van der Waals surface area contributed by atoms with Gasteiger partial charge < -0.3 is 5.32 Å². The average molecular weight is 480 g/mol. The number of amides is 1. The van der Waals surface area contributed by atoms with E-state index in [1.807, 2.05) is 54.8 Å². The number of rotatable bonds is 3. The zero-order valence-electron chi connectivity index (χ0n) is 19.3. The van der Waals surface area contributed by atoms with Gasteiger partial charge in [0, 0.05) is 24.4 Å². The zero-order chi connectivity index (χ0) is 24.9. The summed E-state index contributed by atoms with van der Waals surface area (Å²) in [5, 5.41) is 37.4. The van der Waals surface area contributed by atoms with Crippen LogP contribution in [0.25, 0.3) is 22.0 Å². The van der Waals surface area contributed by atoms with Crippen molar-refractivity contribution in [1.29, 1.82) is 15.9 Å². The maximum atomic E-state index is 13.6. The van der Waals surface area contributed by atoms with Gasteiger partial charge in [0.1, 0.15) is 6.07 Å². The zero-order valence-corrected chi connectivity index (χ0v) is 20.1. The van der Waals surface area contributed by atoms with Gasteiger partial charge in [-0.1, -0.05) is 18.2 Å². The molecule has 0 spiro atoms. The lowest BCUT2D eigenvalue weighted by Gasteiger charge is -2.45. The standard InChI is InChI=1S/C26H21N7OS/c1-26(22-11-18(14-35-22)16-6-4-5-15(9-16)12-27)23(24(34)32(2)25(29)30-26)17-7-8-19-20(13-28)31-33(3)21(19)10-17/h4-11,14,23H,1-3H3,(H2,29,30)/t23?,26-/m1/s1. The first-order valence-electron chi connectivity index (χ1n) is 10.9. The average Bonchev–Trinajstić information content (AvgIpc) is 3.48. The number of nitrogens with zero attached hydrogens (tertiary/aromatic N) is 5. The van der Waals surface area contributed by atoms with Crippen molar-refractivity contribution in [1.82, 2.24) is 20.0 Å². The number of hydrogen-bond acceptors (Lipinski definition) is 6. The van der Waals surface area contributed by atoms with E-state index in [-0.39, 0.29) is 11.9 Å². The van der Waals surface area contributed by atoms with Gasteiger partial charge in [0.05, 0.1) is 28.6 Å². The fraction of sp³-hybridized carbons (Fsp3) is 0.192. The van der Waals surface area contributed by atoms with Gasteiger partial charge in [-0.3, -0.25) is 19.8 Å². The van der Waals surface area contributed by atoms with E-state index in [1.54, 1.807) is 24.8 Å². The molecule has 9 heteroatoms. The van der Waals surface area contributed by atoms with E-state index in [2.05, 4.69) is 22.6 Å². The minimum absolute atomic E-state index is 0.0311. The summed E-state index contributed by atoms with van der Waals surface area (Å²) in [6, 6.07) is 19.3. The molecule has 2 aromatic heterocycles. The van der Waals surface area contributed by atoms with Crippen molar-refractivity contribution in [2.75, 3.05) is 7.05 Å². The van der Waals surface area contributed by atoms with Crippen molar-refractivity contribution < 1.29 is 4.79 Å². The van der Waals surface area contributed by atoms with Crippen molar-refractivity contribution in [3.05, 3.63) is 75.6 Å². The third kappa shape index (κ3) is 3.45. The Hall–Kier alpha value is -4.47. The molecule has 0 saturated carbocycles. The first-order chi connectivity index (χ1) is 16.8. The van der Waals surface area contributed by atoms with Crippen LogP contribution in [0.4, 0.5) is 0 Å². The molecule has 8 nitrogen and oxygen atoms in total. The van der Waals surface area contributed by atoms with Crippen LogP contribution in [0.1, 0.15) is 34.5 Å². The van der Waals surface area contributed by atoms with Crippen LogP contribution in [0.5, 0.6) is 0 Å². The van der Waals surface area contributed by atoms with Gasteiger partial charge in [-0.25, -0.2) is 0 Å². The molecule has 1 fully saturated rings. The summed E-state index contributed by atoms with van der Waals surface area (Å²) in [5.41, 5.74) is 3.43. The molecule has 1 saturated heterocycles. The van der Waals surface area contributed by atoms with E-state index in [1.165, 1.54) is 16.2 Å². The van der Waals surface area contributed by atoms with Gasteiger partial charge in [-0.2, -0.15) is 15.6 Å². The van der Waals surface area contributed by atoms with Crippen LogP contribution in [0.3, 0.4) is 0 Å². The first-order valence-corrected chi connectivity index (χ1v) is 11.8. The van der Waals surface area contributed by atoms with Crippen molar-refractivity contribution in [2.24, 2.45) is 7.05 Å². The molecule has 35 heavy (non-hydrogen) atoms. The SMILES string of the molecule is CN1C(=N)N[C@](C)(c2cc(-c3cccc(C#N)c3)cs2)C(c2ccc3c(C#N)nn(C)c3c2)C1=O.